The van der Waals surface area contributed by atoms with Crippen molar-refractivity contribution in [1.29, 1.82) is 0 Å². The minimum absolute atomic E-state index is 0.280. The minimum Gasteiger partial charge on any atom is -0.451 e. The second kappa shape index (κ2) is 8.63. The number of nitrogens with one attached hydrogen (secondary N) is 1. The van der Waals surface area contributed by atoms with E-state index in [0.717, 1.165) is 42.7 Å². The summed E-state index contributed by atoms with van der Waals surface area (Å²) in [5.41, 5.74) is 3.81. The number of fused-ring (bicyclic) bond motifs is 2. The summed E-state index contributed by atoms with van der Waals surface area (Å²) in [5.74, 6) is -0.0163. The highest BCUT2D eigenvalue weighted by atomic mass is 32.1. The first kappa shape index (κ1) is 19.9. The highest BCUT2D eigenvalue weighted by Crippen LogP contribution is 2.31. The van der Waals surface area contributed by atoms with Gasteiger partial charge in [0.1, 0.15) is 5.58 Å². The Morgan fingerprint density at radius 3 is 2.84 bits per heavy atom. The van der Waals surface area contributed by atoms with E-state index in [4.69, 9.17) is 9.15 Å². The van der Waals surface area contributed by atoms with Crippen LogP contribution in [-0.2, 0) is 30.9 Å². The molecule has 0 fully saturated rings. The summed E-state index contributed by atoms with van der Waals surface area (Å²) < 4.78 is 11.2. The first-order valence-corrected chi connectivity index (χ1v) is 11.1. The third-order valence-corrected chi connectivity index (χ3v) is 6.47. The van der Waals surface area contributed by atoms with Crippen LogP contribution in [0, 0.1) is 0 Å². The van der Waals surface area contributed by atoms with Crippen LogP contribution in [0.25, 0.3) is 11.0 Å². The summed E-state index contributed by atoms with van der Waals surface area (Å²) in [4.78, 5) is 21.3. The van der Waals surface area contributed by atoms with Crippen molar-refractivity contribution in [3.63, 3.8) is 0 Å². The molecule has 0 radical (unpaired) electrons. The van der Waals surface area contributed by atoms with Gasteiger partial charge in [-0.25, -0.2) is 4.98 Å². The van der Waals surface area contributed by atoms with Gasteiger partial charge in [-0.2, -0.15) is 0 Å². The van der Waals surface area contributed by atoms with Crippen LogP contribution in [0.3, 0.4) is 0 Å². The highest BCUT2D eigenvalue weighted by Gasteiger charge is 2.24. The summed E-state index contributed by atoms with van der Waals surface area (Å²) in [5, 5.41) is 4.44. The molecule has 2 aromatic carbocycles. The van der Waals surface area contributed by atoms with Gasteiger partial charge in [0.05, 0.1) is 12.3 Å². The number of aromatic nitrogens is 1. The van der Waals surface area contributed by atoms with Gasteiger partial charge in [-0.3, -0.25) is 15.0 Å². The van der Waals surface area contributed by atoms with Crippen molar-refractivity contribution in [1.82, 2.24) is 9.88 Å². The molecule has 0 spiro atoms. The van der Waals surface area contributed by atoms with Crippen LogP contribution in [0.1, 0.15) is 32.3 Å². The Hall–Kier alpha value is -3.00. The Kier molecular flexibility index (Phi) is 5.55. The molecule has 0 saturated carbocycles. The number of thiazole rings is 1. The van der Waals surface area contributed by atoms with Crippen LogP contribution < -0.4 is 5.32 Å². The lowest BCUT2D eigenvalue weighted by Crippen LogP contribution is -2.29. The first-order valence-electron chi connectivity index (χ1n) is 10.3. The molecular formula is C24H23N3O3S. The molecule has 3 heterocycles. The molecule has 0 unspecified atom stereocenters. The minimum atomic E-state index is -0.296. The van der Waals surface area contributed by atoms with Gasteiger partial charge in [-0.1, -0.05) is 48.5 Å². The molecule has 7 heteroatoms. The van der Waals surface area contributed by atoms with Gasteiger partial charge in [-0.15, -0.1) is 11.3 Å². The molecule has 6 nitrogen and oxygen atoms in total. The van der Waals surface area contributed by atoms with Gasteiger partial charge in [0.15, 0.2) is 10.9 Å². The number of ether oxygens (including phenoxy) is 1. The average molecular weight is 434 g/mol. The Morgan fingerprint density at radius 2 is 2.00 bits per heavy atom. The SMILES string of the molecule is COCc1c(C(=O)Nc2nc3c(s2)CN(Cc2ccccc2)CC3)oc2ccccc12. The van der Waals surface area contributed by atoms with Crippen LogP contribution in [0.4, 0.5) is 5.13 Å². The maximum Gasteiger partial charge on any atom is 0.293 e. The molecule has 31 heavy (non-hydrogen) atoms. The van der Waals surface area contributed by atoms with E-state index in [9.17, 15) is 4.79 Å². The molecule has 4 aromatic rings. The quantitative estimate of drug-likeness (QED) is 0.471. The van der Waals surface area contributed by atoms with Crippen LogP contribution in [-0.4, -0.2) is 29.4 Å². The maximum absolute atomic E-state index is 13.0. The van der Waals surface area contributed by atoms with Crippen molar-refractivity contribution in [3.05, 3.63) is 82.1 Å². The Labute approximate surface area is 184 Å². The molecule has 1 amide bonds. The van der Waals surface area contributed by atoms with Crippen molar-refractivity contribution < 1.29 is 13.9 Å². The molecule has 1 N–H and O–H groups in total. The number of carbonyl (C=O) groups excluding carboxylic acids is 1. The van der Waals surface area contributed by atoms with Gasteiger partial charge in [-0.05, 0) is 11.6 Å². The summed E-state index contributed by atoms with van der Waals surface area (Å²) in [6, 6.07) is 18.1. The maximum atomic E-state index is 13.0. The van der Waals surface area contributed by atoms with Crippen molar-refractivity contribution in [2.75, 3.05) is 19.0 Å². The van der Waals surface area contributed by atoms with E-state index >= 15 is 0 Å². The lowest BCUT2D eigenvalue weighted by atomic mass is 10.1. The fraction of sp³-hybridized carbons (Fsp3) is 0.250. The monoisotopic (exact) mass is 433 g/mol. The number of methoxy groups -OCH3 is 1. The van der Waals surface area contributed by atoms with E-state index in [1.165, 1.54) is 10.4 Å². The zero-order valence-electron chi connectivity index (χ0n) is 17.3. The summed E-state index contributed by atoms with van der Waals surface area (Å²) in [6.07, 6.45) is 0.883. The Morgan fingerprint density at radius 1 is 1.19 bits per heavy atom. The summed E-state index contributed by atoms with van der Waals surface area (Å²) >= 11 is 1.54. The van der Waals surface area contributed by atoms with E-state index in [-0.39, 0.29) is 11.7 Å². The summed E-state index contributed by atoms with van der Waals surface area (Å²) in [7, 11) is 1.61. The third-order valence-electron chi connectivity index (χ3n) is 5.47. The van der Waals surface area contributed by atoms with Crippen LogP contribution in [0.2, 0.25) is 0 Å². The molecule has 0 aliphatic carbocycles. The van der Waals surface area contributed by atoms with Crippen molar-refractivity contribution >= 4 is 33.3 Å². The highest BCUT2D eigenvalue weighted by molar-refractivity contribution is 7.15. The Balaban J connectivity index is 1.33. The largest absolute Gasteiger partial charge is 0.451 e. The lowest BCUT2D eigenvalue weighted by molar-refractivity contribution is 0.0992. The van der Waals surface area contributed by atoms with Crippen LogP contribution in [0.15, 0.2) is 59.0 Å². The standard InChI is InChI=1S/C24H23N3O3S/c1-29-15-18-17-9-5-6-10-20(17)30-22(18)23(28)26-24-25-19-11-12-27(14-21(19)31-24)13-16-7-3-2-4-8-16/h2-10H,11-15H2,1H3,(H,25,26,28). The topological polar surface area (TPSA) is 67.6 Å². The fourth-order valence-electron chi connectivity index (χ4n) is 4.00. The smallest absolute Gasteiger partial charge is 0.293 e. The van der Waals surface area contributed by atoms with E-state index in [1.807, 2.05) is 30.3 Å². The Bertz CT molecular complexity index is 1220. The molecule has 1 aliphatic rings. The number of hydrogen-bond donors (Lipinski definition) is 1. The average Bonchev–Trinajstić information content (AvgIpc) is 3.35. The number of amides is 1. The first-order chi connectivity index (χ1) is 15.2. The molecule has 0 bridgehead atoms. The van der Waals surface area contributed by atoms with Gasteiger partial charge >= 0.3 is 0 Å². The third kappa shape index (κ3) is 4.12. The normalized spacial score (nSPS) is 14.0. The number of rotatable bonds is 6. The van der Waals surface area contributed by atoms with Gasteiger partial charge in [0, 0.05) is 49.0 Å². The van der Waals surface area contributed by atoms with Crippen molar-refractivity contribution in [2.45, 2.75) is 26.1 Å². The van der Waals surface area contributed by atoms with E-state index in [0.29, 0.717) is 17.3 Å². The summed E-state index contributed by atoms with van der Waals surface area (Å²) in [6.45, 7) is 3.03. The molecule has 5 rings (SSSR count). The second-order valence-corrected chi connectivity index (χ2v) is 8.71. The number of para-hydroxylation sites is 1. The molecule has 0 atom stereocenters. The molecule has 0 saturated heterocycles. The second-order valence-electron chi connectivity index (χ2n) is 7.63. The number of nitrogens with zero attached hydrogens (tertiary/aromatic N) is 2. The van der Waals surface area contributed by atoms with E-state index in [2.05, 4.69) is 39.5 Å². The van der Waals surface area contributed by atoms with E-state index < -0.39 is 0 Å². The van der Waals surface area contributed by atoms with Crippen molar-refractivity contribution in [3.8, 4) is 0 Å². The fourth-order valence-corrected chi connectivity index (χ4v) is 5.05. The zero-order chi connectivity index (χ0) is 21.2. The van der Waals surface area contributed by atoms with Gasteiger partial charge in [0.2, 0.25) is 0 Å². The molecule has 1 aliphatic heterocycles. The number of hydrogen-bond acceptors (Lipinski definition) is 6. The van der Waals surface area contributed by atoms with Gasteiger partial charge < -0.3 is 9.15 Å². The number of furan rings is 1. The van der Waals surface area contributed by atoms with Crippen LogP contribution >= 0.6 is 11.3 Å². The number of benzene rings is 2. The molecule has 2 aromatic heterocycles. The number of carbonyl (C=O) groups is 1. The predicted molar refractivity (Wildman–Crippen MR) is 121 cm³/mol. The molecular weight excluding hydrogens is 410 g/mol. The molecule has 158 valence electrons. The van der Waals surface area contributed by atoms with Crippen LogP contribution in [0.5, 0.6) is 0 Å². The number of anilines is 1. The lowest BCUT2D eigenvalue weighted by Gasteiger charge is -2.25. The predicted octanol–water partition coefficient (Wildman–Crippen LogP) is 4.85. The zero-order valence-corrected chi connectivity index (χ0v) is 18.1. The van der Waals surface area contributed by atoms with Crippen molar-refractivity contribution in [2.24, 2.45) is 0 Å². The van der Waals surface area contributed by atoms with E-state index in [1.54, 1.807) is 18.4 Å². The van der Waals surface area contributed by atoms with Gasteiger partial charge in [0.25, 0.3) is 5.91 Å².